The first-order valence-corrected chi connectivity index (χ1v) is 12.9. The summed E-state index contributed by atoms with van der Waals surface area (Å²) in [4.78, 5) is 28.6. The number of piperazine rings is 1. The lowest BCUT2D eigenvalue weighted by Gasteiger charge is -2.36. The number of carbonyl (C=O) groups excluding carboxylic acids is 1. The van der Waals surface area contributed by atoms with Crippen molar-refractivity contribution in [3.8, 4) is 0 Å². The lowest BCUT2D eigenvalue weighted by molar-refractivity contribution is 0.0746. The number of fused-ring (bicyclic) bond motifs is 4. The van der Waals surface area contributed by atoms with E-state index in [1.807, 2.05) is 41.0 Å². The number of amidine groups is 1. The van der Waals surface area contributed by atoms with E-state index in [0.29, 0.717) is 49.2 Å². The van der Waals surface area contributed by atoms with Crippen LogP contribution in [-0.2, 0) is 10.0 Å². The Labute approximate surface area is 194 Å². The third kappa shape index (κ3) is 3.51. The number of aryl methyl sites for hydroxylation is 1. The van der Waals surface area contributed by atoms with Gasteiger partial charge in [0.2, 0.25) is 0 Å². The fourth-order valence-electron chi connectivity index (χ4n) is 4.32. The molecule has 3 aliphatic heterocycles. The summed E-state index contributed by atoms with van der Waals surface area (Å²) in [7, 11) is -3.41. The fraction of sp³-hybridized carbons (Fsp3) is 0.350. The van der Waals surface area contributed by atoms with Gasteiger partial charge in [-0.25, -0.2) is 13.4 Å². The van der Waals surface area contributed by atoms with Crippen LogP contribution in [0.3, 0.4) is 0 Å². The largest absolute Gasteiger partial charge is 0.353 e. The van der Waals surface area contributed by atoms with Gasteiger partial charge in [-0.3, -0.25) is 4.79 Å². The van der Waals surface area contributed by atoms with Crippen LogP contribution in [0.4, 0.5) is 11.5 Å². The molecule has 6 rings (SSSR count). The number of nitrogens with zero attached hydrogens (tertiary/aromatic N) is 8. The van der Waals surface area contributed by atoms with Crippen molar-refractivity contribution >= 4 is 50.1 Å². The lowest BCUT2D eigenvalue weighted by Crippen LogP contribution is -2.49. The Balaban J connectivity index is 1.19. The molecule has 0 aliphatic carbocycles. The second-order valence-electron chi connectivity index (χ2n) is 8.10. The number of benzene rings is 1. The fourth-order valence-corrected chi connectivity index (χ4v) is 6.62. The molecule has 1 fully saturated rings. The van der Waals surface area contributed by atoms with Crippen LogP contribution in [0.15, 0.2) is 39.9 Å². The molecule has 0 saturated carbocycles. The number of thioether (sulfide) groups is 1. The van der Waals surface area contributed by atoms with Crippen LogP contribution in [0.25, 0.3) is 5.78 Å². The summed E-state index contributed by atoms with van der Waals surface area (Å²) in [6.07, 6.45) is 1.49. The number of hydrogen-bond acceptors (Lipinski definition) is 9. The van der Waals surface area contributed by atoms with E-state index < -0.39 is 10.0 Å². The third-order valence-electron chi connectivity index (χ3n) is 5.97. The summed E-state index contributed by atoms with van der Waals surface area (Å²) >= 11 is 1.30. The van der Waals surface area contributed by atoms with E-state index in [-0.39, 0.29) is 11.7 Å². The van der Waals surface area contributed by atoms with Gasteiger partial charge in [-0.05, 0) is 36.9 Å². The predicted octanol–water partition coefficient (Wildman–Crippen LogP) is 1.01. The molecule has 3 aromatic rings. The highest BCUT2D eigenvalue weighted by atomic mass is 32.2. The number of sulfonamides is 1. The topological polar surface area (TPSA) is 116 Å². The molecule has 0 spiro atoms. The molecule has 2 aromatic heterocycles. The van der Waals surface area contributed by atoms with Crippen LogP contribution in [-0.4, -0.2) is 82.5 Å². The number of aromatic nitrogens is 4. The molecule has 0 radical (unpaired) electrons. The van der Waals surface area contributed by atoms with Crippen molar-refractivity contribution in [2.45, 2.75) is 11.8 Å². The minimum Gasteiger partial charge on any atom is -0.353 e. The molecule has 13 heteroatoms. The van der Waals surface area contributed by atoms with Gasteiger partial charge in [-0.15, -0.1) is 4.40 Å². The normalized spacial score (nSPS) is 19.4. The Hall–Kier alpha value is -3.19. The second-order valence-corrected chi connectivity index (χ2v) is 10.9. The zero-order valence-corrected chi connectivity index (χ0v) is 19.4. The quantitative estimate of drug-likeness (QED) is 0.525. The molecule has 1 aromatic carbocycles. The zero-order chi connectivity index (χ0) is 22.7. The van der Waals surface area contributed by atoms with E-state index in [4.69, 9.17) is 0 Å². The average molecular weight is 485 g/mol. The number of anilines is 2. The second kappa shape index (κ2) is 7.42. The monoisotopic (exact) mass is 484 g/mol. The van der Waals surface area contributed by atoms with Gasteiger partial charge in [0.25, 0.3) is 21.7 Å². The Kier molecular flexibility index (Phi) is 4.59. The van der Waals surface area contributed by atoms with Crippen molar-refractivity contribution in [3.05, 3.63) is 41.9 Å². The number of hydrogen-bond donors (Lipinski definition) is 0. The first-order chi connectivity index (χ1) is 15.9. The summed E-state index contributed by atoms with van der Waals surface area (Å²) in [6.45, 7) is 4.81. The van der Waals surface area contributed by atoms with Gasteiger partial charge in [0, 0.05) is 54.9 Å². The van der Waals surface area contributed by atoms with Crippen LogP contribution in [0, 0.1) is 6.92 Å². The van der Waals surface area contributed by atoms with Gasteiger partial charge < -0.3 is 14.7 Å². The van der Waals surface area contributed by atoms with Crippen molar-refractivity contribution in [1.29, 1.82) is 0 Å². The smallest absolute Gasteiger partial charge is 0.257 e. The zero-order valence-electron chi connectivity index (χ0n) is 17.7. The Morgan fingerprint density at radius 3 is 2.73 bits per heavy atom. The third-order valence-corrected chi connectivity index (χ3v) is 8.28. The molecule has 0 N–H and O–H groups in total. The van der Waals surface area contributed by atoms with Crippen LogP contribution in [0.5, 0.6) is 0 Å². The van der Waals surface area contributed by atoms with E-state index in [1.165, 1.54) is 18.1 Å². The van der Waals surface area contributed by atoms with E-state index >= 15 is 0 Å². The minimum atomic E-state index is -3.41. The van der Waals surface area contributed by atoms with Crippen molar-refractivity contribution < 1.29 is 13.2 Å². The van der Waals surface area contributed by atoms with E-state index in [1.54, 1.807) is 4.52 Å². The summed E-state index contributed by atoms with van der Waals surface area (Å²) < 4.78 is 29.3. The maximum absolute atomic E-state index is 13.2. The summed E-state index contributed by atoms with van der Waals surface area (Å²) in [5.41, 5.74) is 2.37. The Bertz CT molecular complexity index is 1430. The van der Waals surface area contributed by atoms with Gasteiger partial charge in [-0.1, -0.05) is 0 Å². The lowest BCUT2D eigenvalue weighted by atomic mass is 10.1. The first-order valence-electron chi connectivity index (χ1n) is 10.5. The molecule has 33 heavy (non-hydrogen) atoms. The van der Waals surface area contributed by atoms with Crippen molar-refractivity contribution in [2.24, 2.45) is 4.40 Å². The maximum Gasteiger partial charge on any atom is 0.257 e. The molecule has 0 bridgehead atoms. The van der Waals surface area contributed by atoms with Crippen molar-refractivity contribution in [3.63, 3.8) is 0 Å². The summed E-state index contributed by atoms with van der Waals surface area (Å²) in [5.74, 6) is 1.45. The number of carbonyl (C=O) groups is 1. The summed E-state index contributed by atoms with van der Waals surface area (Å²) in [5, 5.41) is 4.74. The number of rotatable bonds is 2. The standard InChI is InChI=1S/C20H20N8O3S2/c1-13-10-17(28-19(23-13)21-12-22-28)25-4-6-26(7-5-25)18(29)14-2-3-15-16(11-14)32-20-24-33(30,31)9-8-27(15)20/h2-3,10-12H,4-9H2,1H3. The highest BCUT2D eigenvalue weighted by molar-refractivity contribution is 8.15. The summed E-state index contributed by atoms with van der Waals surface area (Å²) in [6, 6.07) is 7.51. The minimum absolute atomic E-state index is 0.000635. The SMILES string of the molecule is Cc1cc(N2CCN(C(=O)c3ccc4c(c3)SC3=NS(=O)(=O)CCN34)CC2)n2ncnc2n1. The van der Waals surface area contributed by atoms with Crippen molar-refractivity contribution in [2.75, 3.05) is 48.3 Å². The molecular weight excluding hydrogens is 464 g/mol. The van der Waals surface area contributed by atoms with Crippen LogP contribution in [0.2, 0.25) is 0 Å². The number of amides is 1. The Morgan fingerprint density at radius 1 is 1.09 bits per heavy atom. The predicted molar refractivity (Wildman–Crippen MR) is 125 cm³/mol. The van der Waals surface area contributed by atoms with Crippen molar-refractivity contribution in [1.82, 2.24) is 24.5 Å². The van der Waals surface area contributed by atoms with Gasteiger partial charge in [0.05, 0.1) is 11.4 Å². The molecular formula is C20H20N8O3S2. The maximum atomic E-state index is 13.2. The van der Waals surface area contributed by atoms with Gasteiger partial charge >= 0.3 is 0 Å². The molecule has 3 aliphatic rings. The first kappa shape index (κ1) is 20.4. The Morgan fingerprint density at radius 2 is 1.91 bits per heavy atom. The molecule has 1 saturated heterocycles. The molecule has 0 atom stereocenters. The highest BCUT2D eigenvalue weighted by Gasteiger charge is 2.34. The molecule has 170 valence electrons. The molecule has 1 amide bonds. The molecule has 5 heterocycles. The van der Waals surface area contributed by atoms with Gasteiger partial charge in [-0.2, -0.15) is 14.6 Å². The van der Waals surface area contributed by atoms with Gasteiger partial charge in [0.1, 0.15) is 12.1 Å². The van der Waals surface area contributed by atoms with Crippen LogP contribution >= 0.6 is 11.8 Å². The van der Waals surface area contributed by atoms with Crippen LogP contribution in [0.1, 0.15) is 16.1 Å². The van der Waals surface area contributed by atoms with E-state index in [0.717, 1.165) is 22.1 Å². The average Bonchev–Trinajstić information content (AvgIpc) is 3.40. The van der Waals surface area contributed by atoms with E-state index in [2.05, 4.69) is 24.4 Å². The van der Waals surface area contributed by atoms with E-state index in [9.17, 15) is 13.2 Å². The van der Waals surface area contributed by atoms with Gasteiger partial charge in [0.15, 0.2) is 5.17 Å². The molecule has 11 nitrogen and oxygen atoms in total. The van der Waals surface area contributed by atoms with Crippen LogP contribution < -0.4 is 9.80 Å². The molecule has 0 unspecified atom stereocenters. The highest BCUT2D eigenvalue weighted by Crippen LogP contribution is 2.42.